The van der Waals surface area contributed by atoms with Gasteiger partial charge in [0.1, 0.15) is 18.6 Å². The average molecular weight is 321 g/mol. The van der Waals surface area contributed by atoms with Gasteiger partial charge < -0.3 is 14.5 Å². The molecule has 0 amide bonds. The van der Waals surface area contributed by atoms with E-state index < -0.39 is 0 Å². The summed E-state index contributed by atoms with van der Waals surface area (Å²) in [5.74, 6) is 1.10. The van der Waals surface area contributed by atoms with Gasteiger partial charge in [-0.05, 0) is 11.6 Å². The predicted octanol–water partition coefficient (Wildman–Crippen LogP) is 2.76. The van der Waals surface area contributed by atoms with E-state index in [0.717, 1.165) is 11.1 Å². The summed E-state index contributed by atoms with van der Waals surface area (Å²) in [7, 11) is 1.58. The number of hydrogen-bond acceptors (Lipinski definition) is 4. The Balaban J connectivity index is 1.82. The Hall–Kier alpha value is -3.28. The normalized spacial score (nSPS) is 11.0. The van der Waals surface area contributed by atoms with Gasteiger partial charge >= 0.3 is 0 Å². The van der Waals surface area contributed by atoms with Crippen LogP contribution in [0, 0.1) is 0 Å². The van der Waals surface area contributed by atoms with E-state index in [9.17, 15) is 4.79 Å². The molecule has 0 saturated carbocycles. The summed E-state index contributed by atoms with van der Waals surface area (Å²) in [6.45, 7) is 0.397. The highest BCUT2D eigenvalue weighted by molar-refractivity contribution is 5.84. The van der Waals surface area contributed by atoms with E-state index in [4.69, 9.17) is 9.47 Å². The molecule has 120 valence electrons. The molecule has 0 aliphatic heterocycles. The lowest BCUT2D eigenvalue weighted by molar-refractivity contribution is 0.285. The molecule has 1 N–H and O–H groups in total. The van der Waals surface area contributed by atoms with E-state index in [1.54, 1.807) is 36.2 Å². The van der Waals surface area contributed by atoms with Crippen molar-refractivity contribution in [3.8, 4) is 11.5 Å². The summed E-state index contributed by atoms with van der Waals surface area (Å²) in [4.78, 5) is 19.2. The number of ether oxygens (including phenoxy) is 2. The summed E-state index contributed by atoms with van der Waals surface area (Å²) >= 11 is 0. The van der Waals surface area contributed by atoms with E-state index >= 15 is 0 Å². The van der Waals surface area contributed by atoms with E-state index in [2.05, 4.69) is 9.97 Å². The van der Waals surface area contributed by atoms with Crippen LogP contribution in [-0.4, -0.2) is 21.5 Å². The molecule has 0 unspecified atom stereocenters. The van der Waals surface area contributed by atoms with Crippen LogP contribution in [0.1, 0.15) is 5.56 Å². The Morgan fingerprint density at radius 3 is 2.79 bits per heavy atom. The predicted molar refractivity (Wildman–Crippen MR) is 90.6 cm³/mol. The second kappa shape index (κ2) is 5.73. The molecule has 24 heavy (non-hydrogen) atoms. The quantitative estimate of drug-likeness (QED) is 0.627. The largest absolute Gasteiger partial charge is 0.493 e. The number of imidazole rings is 1. The molecule has 0 aliphatic rings. The number of aromatic amines is 1. The second-order valence-corrected chi connectivity index (χ2v) is 5.40. The molecule has 4 aromatic rings. The van der Waals surface area contributed by atoms with Crippen molar-refractivity contribution in [3.63, 3.8) is 0 Å². The van der Waals surface area contributed by atoms with Gasteiger partial charge in [-0.25, -0.2) is 4.98 Å². The lowest BCUT2D eigenvalue weighted by Gasteiger charge is -2.12. The lowest BCUT2D eigenvalue weighted by atomic mass is 10.2. The van der Waals surface area contributed by atoms with Gasteiger partial charge in [-0.15, -0.1) is 0 Å². The first-order valence-corrected chi connectivity index (χ1v) is 7.49. The van der Waals surface area contributed by atoms with Crippen LogP contribution in [-0.2, 0) is 6.61 Å². The minimum absolute atomic E-state index is 0.190. The Morgan fingerprint density at radius 2 is 2.00 bits per heavy atom. The number of hydrogen-bond donors (Lipinski definition) is 1. The van der Waals surface area contributed by atoms with Gasteiger partial charge in [0.2, 0.25) is 0 Å². The number of methoxy groups -OCH3 is 1. The van der Waals surface area contributed by atoms with Crippen molar-refractivity contribution in [1.82, 2.24) is 14.4 Å². The standard InChI is InChI=1S/C18H15N3O3/c1-23-15-8-14-13(18(22)20-17-9-19-11-21(14)17)7-16(15)24-10-12-5-3-2-4-6-12/h2-9,11H,10H2,1H3,(H,20,22). The van der Waals surface area contributed by atoms with Crippen molar-refractivity contribution in [1.29, 1.82) is 0 Å². The van der Waals surface area contributed by atoms with Crippen LogP contribution in [0.4, 0.5) is 0 Å². The first-order chi connectivity index (χ1) is 11.8. The molecule has 0 atom stereocenters. The summed E-state index contributed by atoms with van der Waals surface area (Å²) < 4.78 is 13.1. The Labute approximate surface area is 137 Å². The average Bonchev–Trinajstić information content (AvgIpc) is 3.08. The molecule has 4 rings (SSSR count). The maximum atomic E-state index is 12.3. The third-order valence-corrected chi connectivity index (χ3v) is 3.90. The number of aromatic nitrogens is 3. The maximum absolute atomic E-state index is 12.3. The summed E-state index contributed by atoms with van der Waals surface area (Å²) in [5, 5.41) is 0.518. The first-order valence-electron chi connectivity index (χ1n) is 7.49. The number of H-pyrrole nitrogens is 1. The third-order valence-electron chi connectivity index (χ3n) is 3.90. The van der Waals surface area contributed by atoms with Crippen LogP contribution >= 0.6 is 0 Å². The molecule has 0 aliphatic carbocycles. The van der Waals surface area contributed by atoms with Crippen LogP contribution in [0.25, 0.3) is 16.6 Å². The van der Waals surface area contributed by atoms with Gasteiger partial charge in [-0.3, -0.25) is 9.20 Å². The van der Waals surface area contributed by atoms with Crippen LogP contribution in [0.3, 0.4) is 0 Å². The van der Waals surface area contributed by atoms with Crippen LogP contribution in [0.5, 0.6) is 11.5 Å². The van der Waals surface area contributed by atoms with E-state index in [1.165, 1.54) is 0 Å². The van der Waals surface area contributed by atoms with Gasteiger partial charge in [0.25, 0.3) is 5.56 Å². The SMILES string of the molecule is COc1cc2c(cc1OCc1ccccc1)c(=O)[nH]c1cncn12. The maximum Gasteiger partial charge on any atom is 0.259 e. The molecule has 0 spiro atoms. The smallest absolute Gasteiger partial charge is 0.259 e. The van der Waals surface area contributed by atoms with Crippen LogP contribution < -0.4 is 15.0 Å². The third kappa shape index (κ3) is 2.38. The highest BCUT2D eigenvalue weighted by Crippen LogP contribution is 2.31. The topological polar surface area (TPSA) is 68.6 Å². The van der Waals surface area contributed by atoms with Gasteiger partial charge in [-0.2, -0.15) is 0 Å². The first kappa shape index (κ1) is 14.3. The summed E-state index contributed by atoms with van der Waals surface area (Å²) in [6, 6.07) is 13.3. The Morgan fingerprint density at radius 1 is 1.17 bits per heavy atom. The summed E-state index contributed by atoms with van der Waals surface area (Å²) in [6.07, 6.45) is 3.25. The van der Waals surface area contributed by atoms with Crippen molar-refractivity contribution in [3.05, 3.63) is 70.9 Å². The molecule has 2 aromatic carbocycles. The Bertz CT molecular complexity index is 1070. The number of nitrogens with zero attached hydrogens (tertiary/aromatic N) is 2. The van der Waals surface area contributed by atoms with E-state index in [0.29, 0.717) is 29.1 Å². The fraction of sp³-hybridized carbons (Fsp3) is 0.111. The molecule has 6 nitrogen and oxygen atoms in total. The molecule has 2 heterocycles. The minimum Gasteiger partial charge on any atom is -0.493 e. The second-order valence-electron chi connectivity index (χ2n) is 5.40. The van der Waals surface area contributed by atoms with Crippen molar-refractivity contribution in [2.75, 3.05) is 7.11 Å². The van der Waals surface area contributed by atoms with Crippen molar-refractivity contribution in [2.45, 2.75) is 6.61 Å². The van der Waals surface area contributed by atoms with Gasteiger partial charge in [-0.1, -0.05) is 30.3 Å². The number of fused-ring (bicyclic) bond motifs is 3. The molecule has 2 aromatic heterocycles. The Kier molecular flexibility index (Phi) is 3.42. The van der Waals surface area contributed by atoms with E-state index in [1.807, 2.05) is 30.3 Å². The fourth-order valence-electron chi connectivity index (χ4n) is 2.70. The highest BCUT2D eigenvalue weighted by atomic mass is 16.5. The molecular weight excluding hydrogens is 306 g/mol. The van der Waals surface area contributed by atoms with Crippen molar-refractivity contribution < 1.29 is 9.47 Å². The zero-order chi connectivity index (χ0) is 16.5. The molecule has 6 heteroatoms. The van der Waals surface area contributed by atoms with Gasteiger partial charge in [0.15, 0.2) is 11.5 Å². The molecular formula is C18H15N3O3. The van der Waals surface area contributed by atoms with Gasteiger partial charge in [0, 0.05) is 6.07 Å². The van der Waals surface area contributed by atoms with Crippen molar-refractivity contribution in [2.24, 2.45) is 0 Å². The van der Waals surface area contributed by atoms with E-state index in [-0.39, 0.29) is 5.56 Å². The molecule has 0 radical (unpaired) electrons. The zero-order valence-corrected chi connectivity index (χ0v) is 13.0. The molecule has 0 fully saturated rings. The number of benzene rings is 2. The lowest BCUT2D eigenvalue weighted by Crippen LogP contribution is -2.10. The van der Waals surface area contributed by atoms with Crippen LogP contribution in [0.15, 0.2) is 59.8 Å². The van der Waals surface area contributed by atoms with Crippen molar-refractivity contribution >= 4 is 16.6 Å². The number of rotatable bonds is 4. The van der Waals surface area contributed by atoms with Crippen LogP contribution in [0.2, 0.25) is 0 Å². The monoisotopic (exact) mass is 321 g/mol. The fourth-order valence-corrected chi connectivity index (χ4v) is 2.70. The number of nitrogens with one attached hydrogen (secondary N) is 1. The molecule has 0 bridgehead atoms. The summed E-state index contributed by atoms with van der Waals surface area (Å²) in [5.41, 5.74) is 2.20. The van der Waals surface area contributed by atoms with Gasteiger partial charge in [0.05, 0.1) is 24.2 Å². The minimum atomic E-state index is -0.190. The highest BCUT2D eigenvalue weighted by Gasteiger charge is 2.12. The zero-order valence-electron chi connectivity index (χ0n) is 13.0. The molecule has 0 saturated heterocycles.